The lowest BCUT2D eigenvalue weighted by Crippen LogP contribution is -1.89. The average Bonchev–Trinajstić information content (AvgIpc) is 2.59. The molecule has 78 valence electrons. The summed E-state index contributed by atoms with van der Waals surface area (Å²) in [6.07, 6.45) is -1.67. The van der Waals surface area contributed by atoms with E-state index in [1.165, 1.54) is 12.1 Å². The predicted molar refractivity (Wildman–Crippen MR) is 61.3 cm³/mol. The highest BCUT2D eigenvalue weighted by molar-refractivity contribution is 5.77. The minimum Gasteiger partial charge on any atom is -0.258 e. The monoisotopic (exact) mass is 213 g/mol. The highest BCUT2D eigenvalue weighted by Gasteiger charge is 2.20. The van der Waals surface area contributed by atoms with Crippen molar-refractivity contribution in [3.05, 3.63) is 63.7 Å². The second-order valence-electron chi connectivity index (χ2n) is 3.66. The third kappa shape index (κ3) is 1.21. The van der Waals surface area contributed by atoms with Crippen LogP contribution in [-0.2, 0) is 6.37 Å². The van der Waals surface area contributed by atoms with Crippen LogP contribution in [0.5, 0.6) is 0 Å². The van der Waals surface area contributed by atoms with E-state index in [1.807, 2.05) is 12.1 Å². The average molecular weight is 213 g/mol. The lowest BCUT2D eigenvalue weighted by Gasteiger charge is -1.99. The van der Waals surface area contributed by atoms with Crippen LogP contribution in [0.25, 0.3) is 11.1 Å². The first-order valence-electron chi connectivity index (χ1n) is 5.90. The maximum atomic E-state index is 10.8. The molecule has 0 aliphatic heterocycles. The van der Waals surface area contributed by atoms with Gasteiger partial charge in [-0.25, -0.2) is 0 Å². The molecule has 0 saturated carbocycles. The Morgan fingerprint density at radius 3 is 2.69 bits per heavy atom. The number of nitro benzene ring substituents is 1. The molecule has 0 radical (unpaired) electrons. The summed E-state index contributed by atoms with van der Waals surface area (Å²) in [5.74, 6) is 0. The zero-order chi connectivity index (χ0) is 12.9. The molecule has 3 rings (SSSR count). The van der Waals surface area contributed by atoms with E-state index in [0.717, 1.165) is 11.1 Å². The van der Waals surface area contributed by atoms with Gasteiger partial charge < -0.3 is 0 Å². The molecule has 3 heteroatoms. The fourth-order valence-corrected chi connectivity index (χ4v) is 1.96. The Labute approximate surface area is 95.3 Å². The van der Waals surface area contributed by atoms with Crippen molar-refractivity contribution in [1.29, 1.82) is 0 Å². The van der Waals surface area contributed by atoms with Crippen molar-refractivity contribution < 1.29 is 7.66 Å². The van der Waals surface area contributed by atoms with Crippen LogP contribution in [0.1, 0.15) is 13.9 Å². The molecule has 16 heavy (non-hydrogen) atoms. The lowest BCUT2D eigenvalue weighted by atomic mass is 10.1. The number of hydrogen-bond donors (Lipinski definition) is 0. The zero-order valence-electron chi connectivity index (χ0n) is 10.3. The molecule has 0 unspecified atom stereocenters. The lowest BCUT2D eigenvalue weighted by molar-refractivity contribution is -0.384. The smallest absolute Gasteiger partial charge is 0.258 e. The summed E-state index contributed by atoms with van der Waals surface area (Å²) in [5, 5.41) is 10.8. The third-order valence-electron chi connectivity index (χ3n) is 2.70. The fourth-order valence-electron chi connectivity index (χ4n) is 1.96. The van der Waals surface area contributed by atoms with Crippen LogP contribution in [0.2, 0.25) is 0 Å². The number of nitrogens with zero attached hydrogens (tertiary/aromatic N) is 1. The van der Waals surface area contributed by atoms with Gasteiger partial charge in [-0.05, 0) is 34.7 Å². The van der Waals surface area contributed by atoms with E-state index in [2.05, 4.69) is 0 Å². The van der Waals surface area contributed by atoms with Gasteiger partial charge in [0.1, 0.15) is 0 Å². The summed E-state index contributed by atoms with van der Waals surface area (Å²) in [5.41, 5.74) is 2.41. The maximum absolute atomic E-state index is 10.8. The fraction of sp³-hybridized carbons (Fsp3) is 0.0769. The van der Waals surface area contributed by atoms with Gasteiger partial charge in [-0.1, -0.05) is 24.3 Å². The van der Waals surface area contributed by atoms with E-state index < -0.39 is 11.3 Å². The Bertz CT molecular complexity index is 668. The standard InChI is InChI=1S/C13H9NO2/c15-14(16)11-5-6-13-10(8-11)7-9-3-1-2-4-12(9)13/h1-6,8H,7H2/i7D2. The second-order valence-corrected chi connectivity index (χ2v) is 3.66. The minimum absolute atomic E-state index is 0.0783. The van der Waals surface area contributed by atoms with Crippen molar-refractivity contribution in [2.24, 2.45) is 0 Å². The zero-order valence-corrected chi connectivity index (χ0v) is 8.31. The van der Waals surface area contributed by atoms with Gasteiger partial charge in [0.25, 0.3) is 5.69 Å². The van der Waals surface area contributed by atoms with Crippen LogP contribution in [-0.4, -0.2) is 4.92 Å². The summed E-state index contributed by atoms with van der Waals surface area (Å²) in [6.45, 7) is 0. The number of fused-ring (bicyclic) bond motifs is 3. The predicted octanol–water partition coefficient (Wildman–Crippen LogP) is 3.17. The third-order valence-corrected chi connectivity index (χ3v) is 2.70. The number of hydrogen-bond acceptors (Lipinski definition) is 2. The van der Waals surface area contributed by atoms with Crippen LogP contribution in [0.15, 0.2) is 42.5 Å². The molecule has 3 nitrogen and oxygen atoms in total. The summed E-state index contributed by atoms with van der Waals surface area (Å²) in [4.78, 5) is 10.3. The largest absolute Gasteiger partial charge is 0.269 e. The van der Waals surface area contributed by atoms with Gasteiger partial charge in [0.2, 0.25) is 0 Å². The first-order chi connectivity index (χ1) is 8.51. The normalized spacial score (nSPS) is 17.0. The van der Waals surface area contributed by atoms with Crippen LogP contribution in [0.4, 0.5) is 5.69 Å². The topological polar surface area (TPSA) is 43.1 Å². The van der Waals surface area contributed by atoms with Crippen molar-refractivity contribution >= 4 is 5.69 Å². The molecule has 0 fully saturated rings. The van der Waals surface area contributed by atoms with Crippen molar-refractivity contribution in [2.45, 2.75) is 6.37 Å². The first-order valence-corrected chi connectivity index (χ1v) is 4.90. The van der Waals surface area contributed by atoms with Crippen molar-refractivity contribution in [2.75, 3.05) is 0 Å². The first kappa shape index (κ1) is 7.17. The molecule has 0 bridgehead atoms. The Kier molecular flexibility index (Phi) is 1.42. The van der Waals surface area contributed by atoms with E-state index in [-0.39, 0.29) is 5.69 Å². The van der Waals surface area contributed by atoms with Crippen LogP contribution in [0, 0.1) is 10.1 Å². The van der Waals surface area contributed by atoms with Gasteiger partial charge in [-0.15, -0.1) is 0 Å². The molecule has 0 N–H and O–H groups in total. The number of nitro groups is 1. The van der Waals surface area contributed by atoms with Crippen LogP contribution < -0.4 is 0 Å². The molecule has 0 aromatic heterocycles. The summed E-state index contributed by atoms with van der Waals surface area (Å²) in [7, 11) is 0. The maximum Gasteiger partial charge on any atom is 0.269 e. The Morgan fingerprint density at radius 2 is 1.88 bits per heavy atom. The van der Waals surface area contributed by atoms with Crippen molar-refractivity contribution in [3.63, 3.8) is 0 Å². The highest BCUT2D eigenvalue weighted by atomic mass is 16.6. The van der Waals surface area contributed by atoms with Gasteiger partial charge in [0, 0.05) is 14.9 Å². The molecule has 2 aromatic carbocycles. The van der Waals surface area contributed by atoms with Gasteiger partial charge in [-0.3, -0.25) is 10.1 Å². The molecule has 0 spiro atoms. The van der Waals surface area contributed by atoms with E-state index in [0.29, 0.717) is 11.1 Å². The van der Waals surface area contributed by atoms with Crippen molar-refractivity contribution in [1.82, 2.24) is 0 Å². The van der Waals surface area contributed by atoms with E-state index in [4.69, 9.17) is 2.74 Å². The van der Waals surface area contributed by atoms with Crippen LogP contribution in [0.3, 0.4) is 0 Å². The van der Waals surface area contributed by atoms with E-state index >= 15 is 0 Å². The van der Waals surface area contributed by atoms with E-state index in [1.54, 1.807) is 18.2 Å². The summed E-state index contributed by atoms with van der Waals surface area (Å²) < 4.78 is 16.3. The van der Waals surface area contributed by atoms with Crippen molar-refractivity contribution in [3.8, 4) is 11.1 Å². The van der Waals surface area contributed by atoms with Crippen LogP contribution >= 0.6 is 0 Å². The van der Waals surface area contributed by atoms with Gasteiger partial charge in [0.15, 0.2) is 0 Å². The molecular formula is C13H9NO2. The summed E-state index contributed by atoms with van der Waals surface area (Å²) >= 11 is 0. The Balaban J connectivity index is 2.31. The molecule has 0 atom stereocenters. The van der Waals surface area contributed by atoms with Gasteiger partial charge in [-0.2, -0.15) is 0 Å². The second kappa shape index (κ2) is 3.17. The van der Waals surface area contributed by atoms with Gasteiger partial charge >= 0.3 is 0 Å². The Morgan fingerprint density at radius 1 is 1.12 bits per heavy atom. The minimum atomic E-state index is -1.67. The molecule has 0 saturated heterocycles. The molecule has 1 aliphatic carbocycles. The van der Waals surface area contributed by atoms with Gasteiger partial charge in [0.05, 0.1) is 4.92 Å². The highest BCUT2D eigenvalue weighted by Crippen LogP contribution is 2.37. The number of non-ortho nitro benzene ring substituents is 1. The van der Waals surface area contributed by atoms with E-state index in [9.17, 15) is 10.1 Å². The Hall–Kier alpha value is -2.16. The molecule has 2 aromatic rings. The molecular weight excluding hydrogens is 202 g/mol. The summed E-state index contributed by atoms with van der Waals surface area (Å²) in [6, 6.07) is 11.5. The number of benzene rings is 2. The molecule has 1 aliphatic rings. The SMILES string of the molecule is [2H]C1([2H])c2ccccc2-c2ccc([N+](=O)[O-])cc21. The number of rotatable bonds is 1. The molecule has 0 amide bonds. The molecule has 0 heterocycles. The quantitative estimate of drug-likeness (QED) is 0.539.